The normalized spacial score (nSPS) is 10.5. The fourth-order valence-corrected chi connectivity index (χ4v) is 1.42. The van der Waals surface area contributed by atoms with Crippen LogP contribution in [0.3, 0.4) is 0 Å². The van der Waals surface area contributed by atoms with Crippen molar-refractivity contribution in [2.24, 2.45) is 5.73 Å². The van der Waals surface area contributed by atoms with Crippen LogP contribution in [0.4, 0.5) is 0 Å². The maximum atomic E-state index is 11.5. The third kappa shape index (κ3) is 1.69. The van der Waals surface area contributed by atoms with Crippen molar-refractivity contribution >= 4 is 0 Å². The second-order valence-electron chi connectivity index (χ2n) is 3.28. The lowest BCUT2D eigenvalue weighted by molar-refractivity contribution is 0.808. The minimum atomic E-state index is -0.259. The van der Waals surface area contributed by atoms with Crippen molar-refractivity contribution in [3.63, 3.8) is 0 Å². The Bertz CT molecular complexity index is 526. The number of para-hydroxylation sites is 1. The van der Waals surface area contributed by atoms with Gasteiger partial charge in [-0.05, 0) is 18.6 Å². The van der Waals surface area contributed by atoms with Crippen LogP contribution in [0.15, 0.2) is 29.1 Å². The molecule has 0 amide bonds. The highest BCUT2D eigenvalue weighted by Crippen LogP contribution is 2.09. The average molecular weight is 204 g/mol. The van der Waals surface area contributed by atoms with Crippen LogP contribution in [-0.2, 0) is 6.54 Å². The Hall–Kier alpha value is -1.88. The first kappa shape index (κ1) is 9.67. The topological polar surface area (TPSA) is 76.7 Å². The lowest BCUT2D eigenvalue weighted by Gasteiger charge is -2.02. The van der Waals surface area contributed by atoms with E-state index in [1.165, 1.54) is 4.68 Å². The number of hydrogen-bond acceptors (Lipinski definition) is 3. The van der Waals surface area contributed by atoms with Gasteiger partial charge in [0.05, 0.1) is 12.2 Å². The van der Waals surface area contributed by atoms with E-state index in [0.29, 0.717) is 5.82 Å². The quantitative estimate of drug-likeness (QED) is 0.740. The van der Waals surface area contributed by atoms with Crippen molar-refractivity contribution in [3.8, 4) is 5.69 Å². The minimum Gasteiger partial charge on any atom is -0.324 e. The van der Waals surface area contributed by atoms with Gasteiger partial charge >= 0.3 is 5.69 Å². The second-order valence-corrected chi connectivity index (χ2v) is 3.28. The fourth-order valence-electron chi connectivity index (χ4n) is 1.42. The summed E-state index contributed by atoms with van der Waals surface area (Å²) in [5.41, 5.74) is 6.91. The molecule has 0 fully saturated rings. The molecular formula is C10H12N4O. The van der Waals surface area contributed by atoms with Gasteiger partial charge < -0.3 is 5.73 Å². The van der Waals surface area contributed by atoms with Crippen LogP contribution in [0.2, 0.25) is 0 Å². The van der Waals surface area contributed by atoms with Gasteiger partial charge in [0.2, 0.25) is 0 Å². The summed E-state index contributed by atoms with van der Waals surface area (Å²) in [5.74, 6) is 0.489. The van der Waals surface area contributed by atoms with Crippen molar-refractivity contribution in [3.05, 3.63) is 46.1 Å². The summed E-state index contributed by atoms with van der Waals surface area (Å²) >= 11 is 0. The van der Waals surface area contributed by atoms with E-state index in [0.717, 1.165) is 11.3 Å². The van der Waals surface area contributed by atoms with Gasteiger partial charge in [0.25, 0.3) is 0 Å². The summed E-state index contributed by atoms with van der Waals surface area (Å²) < 4.78 is 1.33. The third-order valence-electron chi connectivity index (χ3n) is 2.20. The van der Waals surface area contributed by atoms with E-state index in [4.69, 9.17) is 5.73 Å². The predicted molar refractivity (Wildman–Crippen MR) is 56.8 cm³/mol. The minimum absolute atomic E-state index is 0.230. The number of aromatic amines is 1. The molecule has 5 heteroatoms. The average Bonchev–Trinajstić information content (AvgIpc) is 2.60. The number of hydrogen-bond donors (Lipinski definition) is 2. The molecule has 5 nitrogen and oxygen atoms in total. The van der Waals surface area contributed by atoms with Gasteiger partial charge in [-0.2, -0.15) is 4.68 Å². The van der Waals surface area contributed by atoms with E-state index in [-0.39, 0.29) is 12.2 Å². The molecule has 0 aliphatic carbocycles. The second kappa shape index (κ2) is 3.70. The molecule has 0 atom stereocenters. The van der Waals surface area contributed by atoms with Crippen LogP contribution >= 0.6 is 0 Å². The first-order chi connectivity index (χ1) is 7.22. The monoisotopic (exact) mass is 204 g/mol. The Morgan fingerprint density at radius 2 is 2.20 bits per heavy atom. The number of H-pyrrole nitrogens is 1. The molecule has 0 aliphatic rings. The van der Waals surface area contributed by atoms with E-state index < -0.39 is 0 Å². The van der Waals surface area contributed by atoms with Gasteiger partial charge in [-0.3, -0.25) is 4.98 Å². The Morgan fingerprint density at radius 3 is 2.80 bits per heavy atom. The standard InChI is InChI=1S/C10H12N4O/c1-7-4-2-3-5-8(7)14-10(15)12-9(6-11)13-14/h2-5H,6,11H2,1H3,(H,12,13,15). The maximum Gasteiger partial charge on any atom is 0.348 e. The van der Waals surface area contributed by atoms with Crippen LogP contribution in [0.1, 0.15) is 11.4 Å². The molecule has 0 saturated carbocycles. The highest BCUT2D eigenvalue weighted by molar-refractivity contribution is 5.38. The van der Waals surface area contributed by atoms with Crippen LogP contribution < -0.4 is 11.4 Å². The molecule has 1 aromatic carbocycles. The Kier molecular flexibility index (Phi) is 2.39. The van der Waals surface area contributed by atoms with Crippen LogP contribution in [0.25, 0.3) is 5.69 Å². The molecule has 2 aromatic rings. The molecule has 15 heavy (non-hydrogen) atoms. The number of nitrogens with two attached hydrogens (primary N) is 1. The van der Waals surface area contributed by atoms with Crippen molar-refractivity contribution in [1.29, 1.82) is 0 Å². The predicted octanol–water partition coefficient (Wildman–Crippen LogP) is 0.328. The zero-order chi connectivity index (χ0) is 10.8. The van der Waals surface area contributed by atoms with Crippen molar-refractivity contribution in [1.82, 2.24) is 14.8 Å². The molecule has 0 aliphatic heterocycles. The van der Waals surface area contributed by atoms with Gasteiger partial charge in [-0.15, -0.1) is 5.10 Å². The summed E-state index contributed by atoms with van der Waals surface area (Å²) in [6.07, 6.45) is 0. The fraction of sp³-hybridized carbons (Fsp3) is 0.200. The molecule has 0 radical (unpaired) electrons. The van der Waals surface area contributed by atoms with Crippen LogP contribution in [-0.4, -0.2) is 14.8 Å². The summed E-state index contributed by atoms with van der Waals surface area (Å²) in [7, 11) is 0. The highest BCUT2D eigenvalue weighted by Gasteiger charge is 2.07. The molecule has 0 spiro atoms. The number of aromatic nitrogens is 3. The molecule has 0 unspecified atom stereocenters. The summed E-state index contributed by atoms with van der Waals surface area (Å²) in [6, 6.07) is 7.56. The zero-order valence-corrected chi connectivity index (χ0v) is 8.40. The lowest BCUT2D eigenvalue weighted by atomic mass is 10.2. The van der Waals surface area contributed by atoms with E-state index in [2.05, 4.69) is 10.1 Å². The van der Waals surface area contributed by atoms with Gasteiger partial charge in [-0.25, -0.2) is 4.79 Å². The highest BCUT2D eigenvalue weighted by atomic mass is 16.1. The number of nitrogens with one attached hydrogen (secondary N) is 1. The Morgan fingerprint density at radius 1 is 1.47 bits per heavy atom. The van der Waals surface area contributed by atoms with Crippen molar-refractivity contribution in [2.45, 2.75) is 13.5 Å². The summed E-state index contributed by atoms with van der Waals surface area (Å²) in [6.45, 7) is 2.16. The van der Waals surface area contributed by atoms with Crippen LogP contribution in [0.5, 0.6) is 0 Å². The van der Waals surface area contributed by atoms with Crippen LogP contribution in [0, 0.1) is 6.92 Å². The number of rotatable bonds is 2. The van der Waals surface area contributed by atoms with E-state index >= 15 is 0 Å². The molecule has 78 valence electrons. The third-order valence-corrected chi connectivity index (χ3v) is 2.20. The van der Waals surface area contributed by atoms with Gasteiger partial charge in [0, 0.05) is 0 Å². The lowest BCUT2D eigenvalue weighted by Crippen LogP contribution is -2.16. The van der Waals surface area contributed by atoms with Gasteiger partial charge in [0.15, 0.2) is 0 Å². The first-order valence-corrected chi connectivity index (χ1v) is 4.66. The zero-order valence-electron chi connectivity index (χ0n) is 8.40. The molecule has 2 rings (SSSR count). The summed E-state index contributed by atoms with van der Waals surface area (Å²) in [4.78, 5) is 14.1. The van der Waals surface area contributed by atoms with E-state index in [1.54, 1.807) is 0 Å². The Balaban J connectivity index is 2.59. The van der Waals surface area contributed by atoms with Gasteiger partial charge in [-0.1, -0.05) is 18.2 Å². The number of aryl methyl sites for hydroxylation is 1. The molecule has 0 saturated heterocycles. The smallest absolute Gasteiger partial charge is 0.324 e. The summed E-state index contributed by atoms with van der Waals surface area (Å²) in [5, 5.41) is 4.08. The van der Waals surface area contributed by atoms with E-state index in [1.807, 2.05) is 31.2 Å². The Labute approximate surface area is 86.5 Å². The molecule has 1 aromatic heterocycles. The SMILES string of the molecule is Cc1ccccc1-n1nc(CN)[nH]c1=O. The van der Waals surface area contributed by atoms with Gasteiger partial charge in [0.1, 0.15) is 5.82 Å². The molecule has 0 bridgehead atoms. The molecular weight excluding hydrogens is 192 g/mol. The number of benzene rings is 1. The molecule has 3 N–H and O–H groups in total. The largest absolute Gasteiger partial charge is 0.348 e. The van der Waals surface area contributed by atoms with Crippen molar-refractivity contribution < 1.29 is 0 Å². The maximum absolute atomic E-state index is 11.5. The van der Waals surface area contributed by atoms with Crippen molar-refractivity contribution in [2.75, 3.05) is 0 Å². The molecule has 1 heterocycles. The number of nitrogens with zero attached hydrogens (tertiary/aromatic N) is 2. The first-order valence-electron chi connectivity index (χ1n) is 4.66. The van der Waals surface area contributed by atoms with E-state index in [9.17, 15) is 4.79 Å².